The molecule has 0 aliphatic rings. The van der Waals surface area contributed by atoms with Crippen molar-refractivity contribution in [2.45, 2.75) is 6.92 Å². The van der Waals surface area contributed by atoms with E-state index in [0.717, 1.165) is 13.2 Å². The molecule has 0 heterocycles. The lowest BCUT2D eigenvalue weighted by atomic mass is 10.6. The number of hydrogen-bond donors (Lipinski definition) is 0. The van der Waals surface area contributed by atoms with Gasteiger partial charge < -0.3 is 9.04 Å². The van der Waals surface area contributed by atoms with Crippen molar-refractivity contribution in [2.24, 2.45) is 0 Å². The fourth-order valence-electron chi connectivity index (χ4n) is 0.844. The Balaban J connectivity index is 3.58. The molecule has 0 atom stereocenters. The topological polar surface area (TPSA) is 32.8 Å². The van der Waals surface area contributed by atoms with Crippen molar-refractivity contribution in [2.75, 3.05) is 33.1 Å². The lowest BCUT2D eigenvalue weighted by Gasteiger charge is -2.23. The van der Waals surface area contributed by atoms with Crippen LogP contribution in [-0.4, -0.2) is 48.3 Å². The minimum absolute atomic E-state index is 0.233. The number of esters is 1. The molecule has 14 heavy (non-hydrogen) atoms. The average molecular weight is 218 g/mol. The molecule has 0 aliphatic heterocycles. The first-order valence-corrected chi connectivity index (χ1v) is 5.53. The predicted octanol–water partition coefficient (Wildman–Crippen LogP) is 1.16. The maximum atomic E-state index is 10.5. The summed E-state index contributed by atoms with van der Waals surface area (Å²) in [4.78, 5) is 12.5. The van der Waals surface area contributed by atoms with Gasteiger partial charge in [0.1, 0.15) is 6.61 Å². The van der Waals surface area contributed by atoms with Crippen LogP contribution in [0.3, 0.4) is 0 Å². The SMILES string of the molecule is C=CN(CN(C)CCOC(C)=O)SC. The van der Waals surface area contributed by atoms with Crippen LogP contribution in [0.25, 0.3) is 0 Å². The molecule has 0 radical (unpaired) electrons. The van der Waals surface area contributed by atoms with E-state index in [4.69, 9.17) is 4.74 Å². The van der Waals surface area contributed by atoms with Gasteiger partial charge >= 0.3 is 5.97 Å². The summed E-state index contributed by atoms with van der Waals surface area (Å²) in [5, 5.41) is 0. The van der Waals surface area contributed by atoms with Gasteiger partial charge in [-0.3, -0.25) is 9.69 Å². The Labute approximate surface area is 90.0 Å². The minimum Gasteiger partial charge on any atom is -0.465 e. The first kappa shape index (κ1) is 13.3. The maximum Gasteiger partial charge on any atom is 0.302 e. The highest BCUT2D eigenvalue weighted by atomic mass is 32.2. The van der Waals surface area contributed by atoms with E-state index < -0.39 is 0 Å². The van der Waals surface area contributed by atoms with Crippen molar-refractivity contribution in [3.63, 3.8) is 0 Å². The first-order chi connectivity index (χ1) is 6.60. The molecule has 4 nitrogen and oxygen atoms in total. The molecule has 0 saturated carbocycles. The van der Waals surface area contributed by atoms with E-state index in [9.17, 15) is 4.79 Å². The quantitative estimate of drug-likeness (QED) is 0.364. The summed E-state index contributed by atoms with van der Waals surface area (Å²) >= 11 is 1.60. The van der Waals surface area contributed by atoms with Crippen LogP contribution in [0.1, 0.15) is 6.92 Å². The second-order valence-electron chi connectivity index (χ2n) is 2.84. The van der Waals surface area contributed by atoms with Crippen molar-refractivity contribution < 1.29 is 9.53 Å². The molecule has 0 aromatic carbocycles. The molecule has 0 N–H and O–H groups in total. The zero-order valence-electron chi connectivity index (χ0n) is 9.02. The van der Waals surface area contributed by atoms with E-state index in [1.807, 2.05) is 17.6 Å². The predicted molar refractivity (Wildman–Crippen MR) is 59.7 cm³/mol. The van der Waals surface area contributed by atoms with E-state index in [0.29, 0.717) is 6.61 Å². The van der Waals surface area contributed by atoms with Gasteiger partial charge in [-0.2, -0.15) is 0 Å². The molecule has 0 rings (SSSR count). The normalized spacial score (nSPS) is 10.0. The highest BCUT2D eigenvalue weighted by Crippen LogP contribution is 2.04. The molecule has 0 unspecified atom stereocenters. The Kier molecular flexibility index (Phi) is 7.32. The van der Waals surface area contributed by atoms with Gasteiger partial charge in [-0.25, -0.2) is 0 Å². The Morgan fingerprint density at radius 1 is 1.64 bits per heavy atom. The van der Waals surface area contributed by atoms with Crippen molar-refractivity contribution in [3.05, 3.63) is 12.8 Å². The largest absolute Gasteiger partial charge is 0.465 e. The van der Waals surface area contributed by atoms with Crippen LogP contribution >= 0.6 is 11.9 Å². The Hall–Kier alpha value is -0.680. The maximum absolute atomic E-state index is 10.5. The fraction of sp³-hybridized carbons (Fsp3) is 0.667. The molecule has 0 amide bonds. The third-order valence-electron chi connectivity index (χ3n) is 1.60. The number of hydrogen-bond acceptors (Lipinski definition) is 5. The van der Waals surface area contributed by atoms with Gasteiger partial charge in [0.25, 0.3) is 0 Å². The molecular formula is C9H18N2O2S. The summed E-state index contributed by atoms with van der Waals surface area (Å²) in [7, 11) is 1.97. The number of likely N-dealkylation sites (N-methyl/N-ethyl adjacent to an activating group) is 1. The highest BCUT2D eigenvalue weighted by Gasteiger charge is 2.02. The van der Waals surface area contributed by atoms with Gasteiger partial charge in [0.2, 0.25) is 0 Å². The summed E-state index contributed by atoms with van der Waals surface area (Å²) in [6.45, 7) is 7.03. The van der Waals surface area contributed by atoms with Gasteiger partial charge in [0.05, 0.1) is 6.67 Å². The smallest absolute Gasteiger partial charge is 0.302 e. The summed E-state index contributed by atoms with van der Waals surface area (Å²) in [6.07, 6.45) is 3.76. The van der Waals surface area contributed by atoms with Crippen molar-refractivity contribution in [3.8, 4) is 0 Å². The number of carbonyl (C=O) groups excluding carboxylic acids is 1. The third kappa shape index (κ3) is 6.80. The zero-order valence-corrected chi connectivity index (χ0v) is 9.84. The van der Waals surface area contributed by atoms with Crippen molar-refractivity contribution >= 4 is 17.9 Å². The monoisotopic (exact) mass is 218 g/mol. The average Bonchev–Trinajstić information content (AvgIpc) is 2.13. The Bertz CT molecular complexity index is 188. The molecule has 0 aromatic rings. The lowest BCUT2D eigenvalue weighted by Crippen LogP contribution is -2.31. The van der Waals surface area contributed by atoms with Crippen LogP contribution in [0.15, 0.2) is 12.8 Å². The van der Waals surface area contributed by atoms with E-state index >= 15 is 0 Å². The van der Waals surface area contributed by atoms with Crippen LogP contribution in [0.4, 0.5) is 0 Å². The van der Waals surface area contributed by atoms with Crippen LogP contribution in [-0.2, 0) is 9.53 Å². The second-order valence-corrected chi connectivity index (χ2v) is 3.68. The molecule has 0 spiro atoms. The van der Waals surface area contributed by atoms with E-state index in [-0.39, 0.29) is 5.97 Å². The van der Waals surface area contributed by atoms with Crippen LogP contribution < -0.4 is 0 Å². The molecule has 0 fully saturated rings. The van der Waals surface area contributed by atoms with Crippen molar-refractivity contribution in [1.82, 2.24) is 9.21 Å². The van der Waals surface area contributed by atoms with Crippen LogP contribution in [0.5, 0.6) is 0 Å². The minimum atomic E-state index is -0.233. The van der Waals surface area contributed by atoms with Gasteiger partial charge in [-0.1, -0.05) is 18.5 Å². The number of nitrogens with zero attached hydrogens (tertiary/aromatic N) is 2. The lowest BCUT2D eigenvalue weighted by molar-refractivity contribution is -0.141. The number of rotatable bonds is 7. The molecule has 0 bridgehead atoms. The standard InChI is InChI=1S/C9H18N2O2S/c1-5-11(14-4)8-10(3)6-7-13-9(2)12/h5H,1,6-8H2,2-4H3. The second kappa shape index (κ2) is 7.70. The number of ether oxygens (including phenoxy) is 1. The zero-order chi connectivity index (χ0) is 11.0. The molecule has 0 aromatic heterocycles. The highest BCUT2D eigenvalue weighted by molar-refractivity contribution is 7.96. The Morgan fingerprint density at radius 3 is 2.71 bits per heavy atom. The fourth-order valence-corrected chi connectivity index (χ4v) is 1.31. The van der Waals surface area contributed by atoms with Gasteiger partial charge in [-0.05, 0) is 7.05 Å². The summed E-state index contributed by atoms with van der Waals surface area (Å²) in [5.74, 6) is -0.233. The number of carbonyl (C=O) groups is 1. The first-order valence-electron chi connectivity index (χ1n) is 4.35. The van der Waals surface area contributed by atoms with Gasteiger partial charge in [-0.15, -0.1) is 0 Å². The van der Waals surface area contributed by atoms with Crippen LogP contribution in [0.2, 0.25) is 0 Å². The molecule has 0 saturated heterocycles. The third-order valence-corrected chi connectivity index (χ3v) is 2.33. The Morgan fingerprint density at radius 2 is 2.29 bits per heavy atom. The summed E-state index contributed by atoms with van der Waals surface area (Å²) in [5.41, 5.74) is 0. The van der Waals surface area contributed by atoms with Gasteiger partial charge in [0, 0.05) is 25.9 Å². The summed E-state index contributed by atoms with van der Waals surface area (Å²) in [6, 6.07) is 0. The molecule has 82 valence electrons. The van der Waals surface area contributed by atoms with E-state index in [1.165, 1.54) is 6.92 Å². The van der Waals surface area contributed by atoms with Gasteiger partial charge in [0.15, 0.2) is 0 Å². The summed E-state index contributed by atoms with van der Waals surface area (Å²) < 4.78 is 6.82. The molecule has 0 aliphatic carbocycles. The van der Waals surface area contributed by atoms with Crippen molar-refractivity contribution in [1.29, 1.82) is 0 Å². The van der Waals surface area contributed by atoms with E-state index in [2.05, 4.69) is 11.5 Å². The molecular weight excluding hydrogens is 200 g/mol. The van der Waals surface area contributed by atoms with E-state index in [1.54, 1.807) is 18.1 Å². The molecule has 5 heteroatoms. The van der Waals surface area contributed by atoms with Crippen LogP contribution in [0, 0.1) is 0 Å².